The van der Waals surface area contributed by atoms with Crippen molar-refractivity contribution < 1.29 is 10.0 Å². The summed E-state index contributed by atoms with van der Waals surface area (Å²) in [7, 11) is 0. The van der Waals surface area contributed by atoms with Gasteiger partial charge in [0.1, 0.15) is 0 Å². The highest BCUT2D eigenvalue weighted by atomic mass is 16.4. The maximum absolute atomic E-state index is 11.6. The van der Waals surface area contributed by atoms with Crippen LogP contribution in [0.2, 0.25) is 0 Å². The average molecular weight is 264 g/mol. The normalized spacial score (nSPS) is 12.1. The van der Waals surface area contributed by atoms with Crippen LogP contribution in [0.5, 0.6) is 0 Å². The third-order valence-electron chi connectivity index (χ3n) is 2.30. The van der Waals surface area contributed by atoms with Gasteiger partial charge in [-0.2, -0.15) is 0 Å². The lowest BCUT2D eigenvalue weighted by Gasteiger charge is -2.20. The number of carbonyl (C=O) groups is 1. The Bertz CT molecular complexity index is 461. The summed E-state index contributed by atoms with van der Waals surface area (Å²) in [4.78, 5) is 11.6. The lowest BCUT2D eigenvalue weighted by molar-refractivity contribution is 0.231. The number of rotatable bonds is 3. The molecule has 1 aromatic rings. The molecule has 0 aliphatic carbocycles. The van der Waals surface area contributed by atoms with Crippen LogP contribution in [-0.4, -0.2) is 22.6 Å². The molecule has 0 unspecified atom stereocenters. The van der Waals surface area contributed by atoms with Gasteiger partial charge in [0.2, 0.25) is 0 Å². The Morgan fingerprint density at radius 1 is 1.32 bits per heavy atom. The Hall–Kier alpha value is -2.24. The van der Waals surface area contributed by atoms with Crippen LogP contribution < -0.4 is 16.4 Å². The van der Waals surface area contributed by atoms with Crippen molar-refractivity contribution in [2.75, 3.05) is 0 Å². The molecule has 0 spiro atoms. The van der Waals surface area contributed by atoms with Crippen molar-refractivity contribution in [1.29, 1.82) is 0 Å². The number of carbonyl (C=O) groups excluding carboxylic acids is 1. The van der Waals surface area contributed by atoms with Crippen molar-refractivity contribution >= 4 is 11.9 Å². The molecule has 6 nitrogen and oxygen atoms in total. The number of nitrogens with one attached hydrogen (secondary N) is 2. The van der Waals surface area contributed by atoms with Gasteiger partial charge in [-0.1, -0.05) is 29.4 Å². The second kappa shape index (κ2) is 6.08. The van der Waals surface area contributed by atoms with Crippen molar-refractivity contribution in [2.24, 2.45) is 10.9 Å². The summed E-state index contributed by atoms with van der Waals surface area (Å²) in [5.74, 6) is 0.0602. The van der Waals surface area contributed by atoms with Gasteiger partial charge in [-0.15, -0.1) is 0 Å². The Labute approximate surface area is 112 Å². The van der Waals surface area contributed by atoms with E-state index >= 15 is 0 Å². The molecule has 0 saturated carbocycles. The molecule has 1 aromatic carbocycles. The summed E-state index contributed by atoms with van der Waals surface area (Å²) >= 11 is 0. The highest BCUT2D eigenvalue weighted by molar-refractivity contribution is 5.96. The monoisotopic (exact) mass is 264 g/mol. The summed E-state index contributed by atoms with van der Waals surface area (Å²) in [6, 6.07) is 6.87. The van der Waals surface area contributed by atoms with E-state index in [0.717, 1.165) is 5.56 Å². The van der Waals surface area contributed by atoms with Crippen LogP contribution in [-0.2, 0) is 6.54 Å². The van der Waals surface area contributed by atoms with E-state index in [1.165, 1.54) is 0 Å². The molecule has 1 rings (SSSR count). The van der Waals surface area contributed by atoms with E-state index in [2.05, 4.69) is 15.8 Å². The fourth-order valence-corrected chi connectivity index (χ4v) is 1.42. The van der Waals surface area contributed by atoms with E-state index in [-0.39, 0.29) is 17.4 Å². The third-order valence-corrected chi connectivity index (χ3v) is 2.30. The molecule has 2 amide bonds. The first-order valence-electron chi connectivity index (χ1n) is 5.94. The lowest BCUT2D eigenvalue weighted by atomic mass is 10.1. The highest BCUT2D eigenvalue weighted by Crippen LogP contribution is 2.04. The number of oxime groups is 1. The van der Waals surface area contributed by atoms with Crippen molar-refractivity contribution in [2.45, 2.75) is 32.9 Å². The second-order valence-corrected chi connectivity index (χ2v) is 5.24. The van der Waals surface area contributed by atoms with E-state index in [0.29, 0.717) is 12.1 Å². The Balaban J connectivity index is 2.53. The molecule has 0 fully saturated rings. The molecule has 0 saturated heterocycles. The van der Waals surface area contributed by atoms with E-state index in [4.69, 9.17) is 10.9 Å². The van der Waals surface area contributed by atoms with Crippen molar-refractivity contribution in [3.63, 3.8) is 0 Å². The molecule has 0 radical (unpaired) electrons. The van der Waals surface area contributed by atoms with Gasteiger partial charge in [-0.25, -0.2) is 4.79 Å². The van der Waals surface area contributed by atoms with Crippen LogP contribution >= 0.6 is 0 Å². The van der Waals surface area contributed by atoms with Crippen molar-refractivity contribution in [1.82, 2.24) is 10.6 Å². The van der Waals surface area contributed by atoms with Gasteiger partial charge in [-0.05, 0) is 26.3 Å². The molecule has 0 atom stereocenters. The molecule has 6 heteroatoms. The number of hydrogen-bond donors (Lipinski definition) is 4. The molecular weight excluding hydrogens is 244 g/mol. The molecule has 0 bridgehead atoms. The van der Waals surface area contributed by atoms with Gasteiger partial charge in [0.15, 0.2) is 5.84 Å². The van der Waals surface area contributed by atoms with Crippen molar-refractivity contribution in [3.8, 4) is 0 Å². The van der Waals surface area contributed by atoms with E-state index in [9.17, 15) is 4.79 Å². The molecule has 0 aromatic heterocycles. The van der Waals surface area contributed by atoms with Crippen LogP contribution in [0.4, 0.5) is 4.79 Å². The largest absolute Gasteiger partial charge is 0.409 e. The molecule has 0 aliphatic rings. The molecule has 0 aliphatic heterocycles. The molecular formula is C13H20N4O2. The molecule has 0 heterocycles. The Kier molecular flexibility index (Phi) is 4.74. The van der Waals surface area contributed by atoms with Gasteiger partial charge in [0.25, 0.3) is 0 Å². The van der Waals surface area contributed by atoms with E-state index < -0.39 is 0 Å². The quantitative estimate of drug-likeness (QED) is 0.287. The zero-order valence-corrected chi connectivity index (χ0v) is 11.4. The maximum atomic E-state index is 11.6. The van der Waals surface area contributed by atoms with Crippen LogP contribution in [0, 0.1) is 0 Å². The van der Waals surface area contributed by atoms with Gasteiger partial charge in [-0.3, -0.25) is 0 Å². The number of amidine groups is 1. The van der Waals surface area contributed by atoms with Crippen LogP contribution in [0.25, 0.3) is 0 Å². The number of hydrogen-bond acceptors (Lipinski definition) is 3. The smallest absolute Gasteiger partial charge is 0.315 e. The zero-order chi connectivity index (χ0) is 14.5. The van der Waals surface area contributed by atoms with Gasteiger partial charge in [0, 0.05) is 17.6 Å². The summed E-state index contributed by atoms with van der Waals surface area (Å²) in [5.41, 5.74) is 6.75. The van der Waals surface area contributed by atoms with Crippen LogP contribution in [0.15, 0.2) is 29.4 Å². The number of nitrogens with zero attached hydrogens (tertiary/aromatic N) is 1. The third kappa shape index (κ3) is 5.29. The second-order valence-electron chi connectivity index (χ2n) is 5.24. The maximum Gasteiger partial charge on any atom is 0.315 e. The summed E-state index contributed by atoms with van der Waals surface area (Å²) < 4.78 is 0. The van der Waals surface area contributed by atoms with Gasteiger partial charge in [0.05, 0.1) is 0 Å². The molecule has 5 N–H and O–H groups in total. The van der Waals surface area contributed by atoms with E-state index in [1.54, 1.807) is 12.1 Å². The standard InChI is InChI=1S/C13H20N4O2/c1-13(2,3)16-12(18)15-8-9-4-6-10(7-5-9)11(14)17-19/h4-7,19H,8H2,1-3H3,(H2,14,17)(H2,15,16,18). The Morgan fingerprint density at radius 3 is 2.37 bits per heavy atom. The minimum Gasteiger partial charge on any atom is -0.409 e. The minimum atomic E-state index is -0.264. The number of nitrogens with two attached hydrogens (primary N) is 1. The van der Waals surface area contributed by atoms with Gasteiger partial charge >= 0.3 is 6.03 Å². The van der Waals surface area contributed by atoms with Crippen molar-refractivity contribution in [3.05, 3.63) is 35.4 Å². The fraction of sp³-hybridized carbons (Fsp3) is 0.385. The number of benzene rings is 1. The average Bonchev–Trinajstić information content (AvgIpc) is 2.34. The zero-order valence-electron chi connectivity index (χ0n) is 11.4. The summed E-state index contributed by atoms with van der Waals surface area (Å²) in [5, 5.41) is 17.0. The predicted octanol–water partition coefficient (Wildman–Crippen LogP) is 1.38. The first-order chi connectivity index (χ1) is 8.81. The SMILES string of the molecule is CC(C)(C)NC(=O)NCc1ccc(/C(N)=N/O)cc1. The summed E-state index contributed by atoms with van der Waals surface area (Å²) in [6.45, 7) is 6.16. The molecule has 104 valence electrons. The topological polar surface area (TPSA) is 99.7 Å². The number of urea groups is 1. The van der Waals surface area contributed by atoms with E-state index in [1.807, 2.05) is 32.9 Å². The highest BCUT2D eigenvalue weighted by Gasteiger charge is 2.12. The molecule has 19 heavy (non-hydrogen) atoms. The van der Waals surface area contributed by atoms with Crippen LogP contribution in [0.3, 0.4) is 0 Å². The van der Waals surface area contributed by atoms with Crippen LogP contribution in [0.1, 0.15) is 31.9 Å². The lowest BCUT2D eigenvalue weighted by Crippen LogP contribution is -2.46. The first-order valence-corrected chi connectivity index (χ1v) is 5.94. The number of amides is 2. The first kappa shape index (κ1) is 14.8. The minimum absolute atomic E-state index is 0.0602. The predicted molar refractivity (Wildman–Crippen MR) is 74.1 cm³/mol. The summed E-state index contributed by atoms with van der Waals surface area (Å²) in [6.07, 6.45) is 0. The fourth-order valence-electron chi connectivity index (χ4n) is 1.42. The van der Waals surface area contributed by atoms with Gasteiger partial charge < -0.3 is 21.6 Å². The Morgan fingerprint density at radius 2 is 1.89 bits per heavy atom.